The second-order valence-corrected chi connectivity index (χ2v) is 4.63. The molecule has 6 nitrogen and oxygen atoms in total. The van der Waals surface area contributed by atoms with Crippen LogP contribution in [0.4, 0.5) is 0 Å². The van der Waals surface area contributed by atoms with Gasteiger partial charge in [0.25, 0.3) is 0 Å². The van der Waals surface area contributed by atoms with Crippen molar-refractivity contribution in [2.75, 3.05) is 13.2 Å². The molecule has 1 saturated heterocycles. The summed E-state index contributed by atoms with van der Waals surface area (Å²) in [6.07, 6.45) is -1.43. The Balaban J connectivity index is 0.00000324. The van der Waals surface area contributed by atoms with Gasteiger partial charge in [-0.1, -0.05) is 26.2 Å². The molecule has 0 aliphatic carbocycles. The Kier molecular flexibility index (Phi) is 10.9. The molecule has 0 aromatic heterocycles. The van der Waals surface area contributed by atoms with Crippen LogP contribution in [0.2, 0.25) is 0 Å². The van der Waals surface area contributed by atoms with Gasteiger partial charge in [0.15, 0.2) is 6.29 Å². The fraction of sp³-hybridized carbons (Fsp3) is 1.00. The average molecular weight is 288 g/mol. The molecular weight excluding hydrogens is 263 g/mol. The molecule has 0 bridgehead atoms. The standard InChI is InChI=1S/C12H24O6.Na.H/c1-2-3-4-5-6-17-12-10(16)9(15)11(18-12)8(14)7-13;;/h8-16H,2-7H2,1H3;;/t8-,9+,10+,11-,12-;;/m0../s1. The molecule has 0 aromatic rings. The van der Waals surface area contributed by atoms with Crippen LogP contribution in [0.5, 0.6) is 0 Å². The first kappa shape index (κ1) is 19.8. The van der Waals surface area contributed by atoms with Crippen molar-refractivity contribution in [3.63, 3.8) is 0 Å². The predicted molar refractivity (Wildman–Crippen MR) is 71.0 cm³/mol. The van der Waals surface area contributed by atoms with Gasteiger partial charge in [-0.2, -0.15) is 0 Å². The van der Waals surface area contributed by atoms with Crippen LogP contribution in [0.15, 0.2) is 0 Å². The van der Waals surface area contributed by atoms with E-state index >= 15 is 0 Å². The minimum absolute atomic E-state index is 0. The zero-order valence-electron chi connectivity index (χ0n) is 10.7. The number of hydrogen-bond donors (Lipinski definition) is 4. The molecule has 19 heavy (non-hydrogen) atoms. The summed E-state index contributed by atoms with van der Waals surface area (Å²) in [5.41, 5.74) is 0. The molecule has 110 valence electrons. The molecule has 0 spiro atoms. The minimum atomic E-state index is -1.24. The van der Waals surface area contributed by atoms with E-state index in [1.807, 2.05) is 0 Å². The Morgan fingerprint density at radius 2 is 1.84 bits per heavy atom. The van der Waals surface area contributed by atoms with E-state index in [1.54, 1.807) is 0 Å². The molecule has 1 fully saturated rings. The van der Waals surface area contributed by atoms with Gasteiger partial charge in [0.1, 0.15) is 24.4 Å². The molecule has 4 N–H and O–H groups in total. The number of rotatable bonds is 8. The summed E-state index contributed by atoms with van der Waals surface area (Å²) in [5.74, 6) is 0. The van der Waals surface area contributed by atoms with Gasteiger partial charge in [0, 0.05) is 6.61 Å². The number of aliphatic hydroxyl groups is 4. The Hall–Kier alpha value is 0.760. The quantitative estimate of drug-likeness (QED) is 0.328. The molecule has 0 aromatic carbocycles. The summed E-state index contributed by atoms with van der Waals surface area (Å²) in [6, 6.07) is 0. The number of hydrogen-bond acceptors (Lipinski definition) is 6. The molecular formula is C12H25NaO6. The second kappa shape index (κ2) is 10.5. The van der Waals surface area contributed by atoms with Crippen molar-refractivity contribution >= 4 is 29.6 Å². The van der Waals surface area contributed by atoms with Crippen molar-refractivity contribution in [1.29, 1.82) is 0 Å². The Bertz CT molecular complexity index is 230. The fourth-order valence-electron chi connectivity index (χ4n) is 1.96. The molecule has 1 rings (SSSR count). The molecule has 0 amide bonds. The summed E-state index contributed by atoms with van der Waals surface area (Å²) in [6.45, 7) is 2.02. The van der Waals surface area contributed by atoms with Crippen LogP contribution in [0.3, 0.4) is 0 Å². The van der Waals surface area contributed by atoms with Crippen molar-refractivity contribution in [3.05, 3.63) is 0 Å². The van der Waals surface area contributed by atoms with Gasteiger partial charge in [0.2, 0.25) is 0 Å². The maximum atomic E-state index is 9.68. The molecule has 1 aliphatic rings. The zero-order chi connectivity index (χ0) is 13.5. The van der Waals surface area contributed by atoms with Gasteiger partial charge < -0.3 is 29.9 Å². The average Bonchev–Trinajstić information content (AvgIpc) is 2.66. The van der Waals surface area contributed by atoms with E-state index < -0.39 is 37.3 Å². The molecule has 1 heterocycles. The Morgan fingerprint density at radius 3 is 2.42 bits per heavy atom. The SMILES string of the molecule is CCCCCCO[C@H]1O[C@@H]([C@@H](O)CO)[C@H](O)[C@H]1O.[NaH]. The fourth-order valence-corrected chi connectivity index (χ4v) is 1.96. The normalized spacial score (nSPS) is 32.1. The second-order valence-electron chi connectivity index (χ2n) is 4.63. The monoisotopic (exact) mass is 288 g/mol. The maximum absolute atomic E-state index is 9.68. The summed E-state index contributed by atoms with van der Waals surface area (Å²) in [4.78, 5) is 0. The van der Waals surface area contributed by atoms with Crippen molar-refractivity contribution in [2.24, 2.45) is 0 Å². The Labute approximate surface area is 136 Å². The van der Waals surface area contributed by atoms with E-state index in [0.29, 0.717) is 6.61 Å². The van der Waals surface area contributed by atoms with Gasteiger partial charge in [0.05, 0.1) is 6.61 Å². The number of ether oxygens (including phenoxy) is 2. The third kappa shape index (κ3) is 5.95. The first-order chi connectivity index (χ1) is 8.61. The van der Waals surface area contributed by atoms with Crippen molar-refractivity contribution in [1.82, 2.24) is 0 Å². The van der Waals surface area contributed by atoms with E-state index in [9.17, 15) is 15.3 Å². The molecule has 0 unspecified atom stereocenters. The summed E-state index contributed by atoms with van der Waals surface area (Å²) in [7, 11) is 0. The van der Waals surface area contributed by atoms with E-state index in [4.69, 9.17) is 14.6 Å². The van der Waals surface area contributed by atoms with Crippen LogP contribution in [0.25, 0.3) is 0 Å². The molecule has 0 radical (unpaired) electrons. The van der Waals surface area contributed by atoms with Gasteiger partial charge in [-0.05, 0) is 6.42 Å². The predicted octanol–water partition coefficient (Wildman–Crippen LogP) is -1.27. The first-order valence-electron chi connectivity index (χ1n) is 6.54. The van der Waals surface area contributed by atoms with Crippen LogP contribution in [0.1, 0.15) is 32.6 Å². The first-order valence-corrected chi connectivity index (χ1v) is 6.54. The molecule has 0 saturated carbocycles. The third-order valence-corrected chi connectivity index (χ3v) is 3.10. The van der Waals surface area contributed by atoms with E-state index in [2.05, 4.69) is 6.92 Å². The molecule has 7 heteroatoms. The van der Waals surface area contributed by atoms with Crippen molar-refractivity contribution in [3.8, 4) is 0 Å². The Morgan fingerprint density at radius 1 is 1.16 bits per heavy atom. The van der Waals surface area contributed by atoms with E-state index in [1.165, 1.54) is 0 Å². The number of aliphatic hydroxyl groups excluding tert-OH is 4. The van der Waals surface area contributed by atoms with Crippen LogP contribution >= 0.6 is 0 Å². The third-order valence-electron chi connectivity index (χ3n) is 3.10. The van der Waals surface area contributed by atoms with E-state index in [0.717, 1.165) is 25.7 Å². The summed E-state index contributed by atoms with van der Waals surface area (Å²) in [5, 5.41) is 37.5. The van der Waals surface area contributed by atoms with Gasteiger partial charge in [-0.25, -0.2) is 0 Å². The van der Waals surface area contributed by atoms with Crippen LogP contribution in [-0.4, -0.2) is 93.9 Å². The topological polar surface area (TPSA) is 99.4 Å². The van der Waals surface area contributed by atoms with Crippen LogP contribution < -0.4 is 0 Å². The van der Waals surface area contributed by atoms with Gasteiger partial charge in [-0.3, -0.25) is 0 Å². The number of unbranched alkanes of at least 4 members (excludes halogenated alkanes) is 3. The van der Waals surface area contributed by atoms with Gasteiger partial charge >= 0.3 is 29.6 Å². The van der Waals surface area contributed by atoms with Crippen LogP contribution in [-0.2, 0) is 9.47 Å². The zero-order valence-corrected chi connectivity index (χ0v) is 10.7. The van der Waals surface area contributed by atoms with Crippen molar-refractivity contribution in [2.45, 2.75) is 63.3 Å². The van der Waals surface area contributed by atoms with Gasteiger partial charge in [-0.15, -0.1) is 0 Å². The molecule has 1 aliphatic heterocycles. The van der Waals surface area contributed by atoms with E-state index in [-0.39, 0.29) is 29.6 Å². The van der Waals surface area contributed by atoms with Crippen LogP contribution in [0, 0.1) is 0 Å². The summed E-state index contributed by atoms with van der Waals surface area (Å²) < 4.78 is 10.5. The summed E-state index contributed by atoms with van der Waals surface area (Å²) >= 11 is 0. The molecule has 5 atom stereocenters. The van der Waals surface area contributed by atoms with Crippen molar-refractivity contribution < 1.29 is 29.9 Å².